The predicted octanol–water partition coefficient (Wildman–Crippen LogP) is 7.41. The maximum Gasteiger partial charge on any atom is 0.238 e. The number of fused-ring (bicyclic) bond motifs is 3. The Balaban J connectivity index is 0.697. The van der Waals surface area contributed by atoms with Gasteiger partial charge in [-0.25, -0.2) is 15.0 Å². The quantitative estimate of drug-likeness (QED) is 0.145. The number of amides is 4. The van der Waals surface area contributed by atoms with Crippen molar-refractivity contribution in [1.29, 1.82) is 0 Å². The third kappa shape index (κ3) is 8.69. The van der Waals surface area contributed by atoms with Gasteiger partial charge in [-0.15, -0.1) is 0 Å². The van der Waals surface area contributed by atoms with E-state index in [1.165, 1.54) is 32.4 Å². The van der Waals surface area contributed by atoms with Gasteiger partial charge in [0.2, 0.25) is 23.6 Å². The van der Waals surface area contributed by atoms with Crippen molar-refractivity contribution in [1.82, 2.24) is 39.5 Å². The fraction of sp³-hybridized carbons (Fsp3) is 0.625. The van der Waals surface area contributed by atoms with E-state index in [-0.39, 0.29) is 41.6 Å². The van der Waals surface area contributed by atoms with Gasteiger partial charge in [0.15, 0.2) is 5.82 Å². The average molecular weight is 964 g/mol. The molecule has 5 saturated heterocycles. The lowest BCUT2D eigenvalue weighted by atomic mass is 9.72. The number of carbonyl (C=O) groups excluding carboxylic acids is 4. The molecule has 2 aliphatic carbocycles. The highest BCUT2D eigenvalue weighted by Crippen LogP contribution is 2.53. The molecule has 1 spiro atoms. The molecule has 12 rings (SSSR count). The number of pyridine rings is 2. The fourth-order valence-electron chi connectivity index (χ4n) is 13.5. The molecular formula is C56H73N11O4. The summed E-state index contributed by atoms with van der Waals surface area (Å²) in [6.45, 7) is 14.9. The molecule has 1 unspecified atom stereocenters. The van der Waals surface area contributed by atoms with Gasteiger partial charge in [0.25, 0.3) is 0 Å². The van der Waals surface area contributed by atoms with Crippen LogP contribution in [0.1, 0.15) is 140 Å². The van der Waals surface area contributed by atoms with E-state index < -0.39 is 10.8 Å². The summed E-state index contributed by atoms with van der Waals surface area (Å²) in [6, 6.07) is 14.2. The number of likely N-dealkylation sites (tertiary alicyclic amines) is 3. The first kappa shape index (κ1) is 46.6. The van der Waals surface area contributed by atoms with E-state index in [4.69, 9.17) is 15.0 Å². The van der Waals surface area contributed by atoms with Crippen LogP contribution in [0.25, 0.3) is 22.3 Å². The summed E-state index contributed by atoms with van der Waals surface area (Å²) in [5.74, 6) is 2.17. The monoisotopic (exact) mass is 964 g/mol. The molecule has 8 aliphatic rings. The highest BCUT2D eigenvalue weighted by atomic mass is 16.2. The number of nitrogens with one attached hydrogen (secondary N) is 2. The van der Waals surface area contributed by atoms with Crippen molar-refractivity contribution in [2.24, 2.45) is 11.3 Å². The van der Waals surface area contributed by atoms with Crippen LogP contribution >= 0.6 is 0 Å². The van der Waals surface area contributed by atoms with Crippen LogP contribution in [0.3, 0.4) is 0 Å². The summed E-state index contributed by atoms with van der Waals surface area (Å²) in [6.07, 6.45) is 18.0. The largest absolute Gasteiger partial charge is 0.366 e. The van der Waals surface area contributed by atoms with E-state index >= 15 is 4.79 Å². The van der Waals surface area contributed by atoms with Gasteiger partial charge in [0.1, 0.15) is 11.3 Å². The van der Waals surface area contributed by atoms with Gasteiger partial charge < -0.3 is 34.4 Å². The molecule has 1 atom stereocenters. The Morgan fingerprint density at radius 2 is 1.59 bits per heavy atom. The highest BCUT2D eigenvalue weighted by Gasteiger charge is 2.56. The van der Waals surface area contributed by atoms with Gasteiger partial charge in [-0.05, 0) is 159 Å². The van der Waals surface area contributed by atoms with Crippen molar-refractivity contribution in [3.63, 3.8) is 0 Å². The normalized spacial score (nSPS) is 26.3. The van der Waals surface area contributed by atoms with Gasteiger partial charge in [0, 0.05) is 86.2 Å². The van der Waals surface area contributed by atoms with Crippen molar-refractivity contribution in [2.45, 2.75) is 153 Å². The minimum absolute atomic E-state index is 0.172. The smallest absolute Gasteiger partial charge is 0.238 e. The second-order valence-electron chi connectivity index (χ2n) is 23.3. The maximum absolute atomic E-state index is 15.3. The molecule has 4 aromatic rings. The molecule has 376 valence electrons. The molecule has 15 nitrogen and oxygen atoms in total. The summed E-state index contributed by atoms with van der Waals surface area (Å²) < 4.78 is 2.21. The number of hydrogen-bond donors (Lipinski definition) is 2. The van der Waals surface area contributed by atoms with E-state index in [1.807, 2.05) is 18.5 Å². The van der Waals surface area contributed by atoms with Gasteiger partial charge in [-0.1, -0.05) is 31.5 Å². The zero-order chi connectivity index (χ0) is 48.6. The summed E-state index contributed by atoms with van der Waals surface area (Å²) in [7, 11) is 0. The second kappa shape index (κ2) is 18.6. The third-order valence-electron chi connectivity index (χ3n) is 18.3. The van der Waals surface area contributed by atoms with E-state index in [2.05, 4.69) is 84.7 Å². The zero-order valence-corrected chi connectivity index (χ0v) is 42.2. The summed E-state index contributed by atoms with van der Waals surface area (Å²) >= 11 is 0. The number of piperidine rings is 5. The molecular weight excluding hydrogens is 891 g/mol. The number of carbonyl (C=O) groups is 4. The van der Waals surface area contributed by atoms with Crippen molar-refractivity contribution in [3.8, 4) is 11.3 Å². The lowest BCUT2D eigenvalue weighted by Gasteiger charge is -2.48. The number of nitrogens with zero attached hydrogens (tertiary/aromatic N) is 9. The number of aromatic nitrogens is 4. The molecule has 9 heterocycles. The topological polar surface area (TPSA) is 152 Å². The second-order valence-corrected chi connectivity index (χ2v) is 23.3. The Morgan fingerprint density at radius 1 is 0.831 bits per heavy atom. The Labute approximate surface area is 418 Å². The zero-order valence-electron chi connectivity index (χ0n) is 42.2. The molecule has 15 heteroatoms. The summed E-state index contributed by atoms with van der Waals surface area (Å²) in [5.41, 5.74) is 5.86. The van der Waals surface area contributed by atoms with Crippen LogP contribution in [0, 0.1) is 11.3 Å². The van der Waals surface area contributed by atoms with Crippen molar-refractivity contribution >= 4 is 52.0 Å². The van der Waals surface area contributed by atoms with Gasteiger partial charge in [-0.2, -0.15) is 0 Å². The van der Waals surface area contributed by atoms with Gasteiger partial charge in [0.05, 0.1) is 28.9 Å². The van der Waals surface area contributed by atoms with Crippen molar-refractivity contribution < 1.29 is 19.2 Å². The number of rotatable bonds is 11. The maximum atomic E-state index is 15.3. The van der Waals surface area contributed by atoms with Crippen LogP contribution in [0.2, 0.25) is 0 Å². The first-order chi connectivity index (χ1) is 34.4. The Morgan fingerprint density at radius 3 is 2.28 bits per heavy atom. The molecule has 6 aliphatic heterocycles. The molecule has 0 bridgehead atoms. The Kier molecular flexibility index (Phi) is 12.2. The van der Waals surface area contributed by atoms with Crippen molar-refractivity contribution in [2.75, 3.05) is 74.0 Å². The Bertz CT molecular complexity index is 2680. The molecule has 4 amide bonds. The number of benzene rings is 1. The van der Waals surface area contributed by atoms with E-state index in [1.54, 1.807) is 6.20 Å². The SMILES string of the molecule is CC(C)n1cnc2cc(-c3ccc4c(c3)N([C@H]3C[C@@H](N5CCCCC5)C3)C(=O)C43CCN(C(=O)C4(C)CCN(CC5CCN(c6ccc(C7CCC(=O)NC7=O)cn6)CC5)CC4)CC3)nc(NC3CC3)c21. The molecule has 0 radical (unpaired) electrons. The molecule has 1 aromatic carbocycles. The number of imide groups is 1. The first-order valence-electron chi connectivity index (χ1n) is 27.4. The first-order valence-corrected chi connectivity index (χ1v) is 27.4. The van der Waals surface area contributed by atoms with Crippen molar-refractivity contribution in [3.05, 3.63) is 60.0 Å². The molecule has 7 fully saturated rings. The number of anilines is 3. The van der Waals surface area contributed by atoms with Crippen LogP contribution < -0.4 is 20.4 Å². The highest BCUT2D eigenvalue weighted by molar-refractivity contribution is 6.09. The van der Waals surface area contributed by atoms with Gasteiger partial charge in [-0.3, -0.25) is 24.5 Å². The van der Waals surface area contributed by atoms with Crippen LogP contribution in [0.5, 0.6) is 0 Å². The van der Waals surface area contributed by atoms with Crippen LogP contribution in [-0.4, -0.2) is 135 Å². The lowest BCUT2D eigenvalue weighted by molar-refractivity contribution is -0.147. The molecule has 2 N–H and O–H groups in total. The average Bonchev–Trinajstić information content (AvgIpc) is 4.03. The molecule has 2 saturated carbocycles. The molecule has 3 aromatic heterocycles. The van der Waals surface area contributed by atoms with E-state index in [0.717, 1.165) is 135 Å². The lowest BCUT2D eigenvalue weighted by Crippen LogP contribution is -2.59. The fourth-order valence-corrected chi connectivity index (χ4v) is 13.5. The minimum atomic E-state index is -0.637. The number of hydrogen-bond acceptors (Lipinski definition) is 11. The predicted molar refractivity (Wildman–Crippen MR) is 275 cm³/mol. The number of imidazole rings is 1. The molecule has 71 heavy (non-hydrogen) atoms. The van der Waals surface area contributed by atoms with Crippen LogP contribution in [-0.2, 0) is 24.6 Å². The third-order valence-corrected chi connectivity index (χ3v) is 18.3. The summed E-state index contributed by atoms with van der Waals surface area (Å²) in [5, 5.41) is 6.18. The minimum Gasteiger partial charge on any atom is -0.366 e. The Hall–Kier alpha value is -5.41. The standard InChI is InChI=1S/C56H73N11O4/c1-36(2)66-35-58-46-32-45(60-51(50(46)66)59-40-9-10-40)38-7-12-44-47(29-38)67(42-30-41(31-42)63-21-5-4-6-22-63)54(71)56(44)19-27-65(28-20-56)53(70)55(3)17-25-62(26-18-55)34-37-15-23-64(24-16-37)48-13-8-39(33-57-48)43-11-14-49(68)61-52(43)69/h7-8,12-13,29,32-33,35-37,40-43H,4-6,9-11,14-28,30-31,34H2,1-3H3,(H,59,60)(H,61,68,69)/t41-,42+,43?. The van der Waals surface area contributed by atoms with E-state index in [9.17, 15) is 14.4 Å². The summed E-state index contributed by atoms with van der Waals surface area (Å²) in [4.78, 5) is 80.7. The van der Waals surface area contributed by atoms with E-state index in [0.29, 0.717) is 56.8 Å². The van der Waals surface area contributed by atoms with Gasteiger partial charge >= 0.3 is 0 Å². The van der Waals surface area contributed by atoms with Crippen LogP contribution in [0.15, 0.2) is 48.9 Å². The van der Waals surface area contributed by atoms with Crippen LogP contribution in [0.4, 0.5) is 17.3 Å².